The number of aromatic nitrogens is 3. The lowest BCUT2D eigenvalue weighted by atomic mass is 10.3. The van der Waals surface area contributed by atoms with Gasteiger partial charge in [-0.1, -0.05) is 5.16 Å². The molecule has 0 radical (unpaired) electrons. The van der Waals surface area contributed by atoms with Crippen molar-refractivity contribution >= 4 is 6.29 Å². The third-order valence-electron chi connectivity index (χ3n) is 1.46. The lowest BCUT2D eigenvalue weighted by Crippen LogP contribution is -1.82. The minimum Gasteiger partial charge on any atom is -0.333 e. The van der Waals surface area contributed by atoms with Gasteiger partial charge in [0, 0.05) is 12.4 Å². The molecule has 0 aliphatic heterocycles. The molecular weight excluding hydrogens is 170 g/mol. The first-order valence-corrected chi connectivity index (χ1v) is 3.59. The summed E-state index contributed by atoms with van der Waals surface area (Å²) in [5, 5.41) is 3.43. The number of hydrogen-bond donors (Lipinski definition) is 0. The fourth-order valence-corrected chi connectivity index (χ4v) is 0.889. The number of carbonyl (C=O) groups is 1. The zero-order chi connectivity index (χ0) is 9.10. The topological polar surface area (TPSA) is 68.9 Å². The predicted octanol–water partition coefficient (Wildman–Crippen LogP) is 0.944. The molecule has 0 aromatic carbocycles. The van der Waals surface area contributed by atoms with Crippen LogP contribution in [0, 0.1) is 0 Å². The fraction of sp³-hybridized carbons (Fsp3) is 0. The molecule has 0 amide bonds. The summed E-state index contributed by atoms with van der Waals surface area (Å²) in [6.07, 6.45) is 3.76. The highest BCUT2D eigenvalue weighted by atomic mass is 16.5. The highest BCUT2D eigenvalue weighted by Crippen LogP contribution is 2.13. The molecule has 0 aliphatic rings. The van der Waals surface area contributed by atoms with Crippen LogP contribution in [-0.2, 0) is 0 Å². The van der Waals surface area contributed by atoms with Crippen molar-refractivity contribution in [3.8, 4) is 11.5 Å². The van der Waals surface area contributed by atoms with Crippen LogP contribution < -0.4 is 0 Å². The van der Waals surface area contributed by atoms with Crippen LogP contribution in [0.2, 0.25) is 0 Å². The Balaban J connectivity index is 2.41. The van der Waals surface area contributed by atoms with Crippen molar-refractivity contribution in [3.05, 3.63) is 30.4 Å². The molecule has 0 fully saturated rings. The van der Waals surface area contributed by atoms with Gasteiger partial charge in [-0.15, -0.1) is 0 Å². The van der Waals surface area contributed by atoms with Crippen LogP contribution in [0.15, 0.2) is 29.0 Å². The second kappa shape index (κ2) is 3.14. The first-order valence-electron chi connectivity index (χ1n) is 3.59. The SMILES string of the molecule is O=Cc1noc(-c2cccnc2)n1. The van der Waals surface area contributed by atoms with Gasteiger partial charge in [-0.25, -0.2) is 0 Å². The Hall–Kier alpha value is -2.04. The zero-order valence-corrected chi connectivity index (χ0v) is 6.54. The van der Waals surface area contributed by atoms with Gasteiger partial charge in [-0.2, -0.15) is 4.98 Å². The van der Waals surface area contributed by atoms with Gasteiger partial charge in [0.15, 0.2) is 6.29 Å². The quantitative estimate of drug-likeness (QED) is 0.635. The third kappa shape index (κ3) is 1.44. The number of rotatable bonds is 2. The summed E-state index contributed by atoms with van der Waals surface area (Å²) < 4.78 is 4.81. The molecule has 0 aliphatic carbocycles. The largest absolute Gasteiger partial charge is 0.333 e. The first kappa shape index (κ1) is 7.60. The van der Waals surface area contributed by atoms with Gasteiger partial charge in [0.25, 0.3) is 5.89 Å². The molecule has 64 valence electrons. The number of nitrogens with zero attached hydrogens (tertiary/aromatic N) is 3. The van der Waals surface area contributed by atoms with Crippen molar-refractivity contribution in [1.29, 1.82) is 0 Å². The Morgan fingerprint density at radius 2 is 2.38 bits per heavy atom. The molecule has 2 rings (SSSR count). The number of pyridine rings is 1. The van der Waals surface area contributed by atoms with Gasteiger partial charge in [0.1, 0.15) is 0 Å². The minimum atomic E-state index is 0.0406. The van der Waals surface area contributed by atoms with Gasteiger partial charge >= 0.3 is 0 Å². The third-order valence-corrected chi connectivity index (χ3v) is 1.46. The highest BCUT2D eigenvalue weighted by molar-refractivity contribution is 5.69. The van der Waals surface area contributed by atoms with Crippen LogP contribution in [-0.4, -0.2) is 21.4 Å². The standard InChI is InChI=1S/C8H5N3O2/c12-5-7-10-8(13-11-7)6-2-1-3-9-4-6/h1-5H. The van der Waals surface area contributed by atoms with Crippen molar-refractivity contribution in [2.45, 2.75) is 0 Å². The van der Waals surface area contributed by atoms with Crippen molar-refractivity contribution in [2.75, 3.05) is 0 Å². The molecule has 0 spiro atoms. The molecule has 0 unspecified atom stereocenters. The second-order valence-corrected chi connectivity index (χ2v) is 2.32. The molecule has 2 heterocycles. The lowest BCUT2D eigenvalue weighted by molar-refractivity contribution is 0.111. The van der Waals surface area contributed by atoms with E-state index in [0.29, 0.717) is 17.7 Å². The number of aldehydes is 1. The number of hydrogen-bond acceptors (Lipinski definition) is 5. The van der Waals surface area contributed by atoms with Crippen LogP contribution in [0.4, 0.5) is 0 Å². The smallest absolute Gasteiger partial charge is 0.259 e. The molecule has 5 heteroatoms. The lowest BCUT2D eigenvalue weighted by Gasteiger charge is -1.88. The molecule has 0 saturated carbocycles. The predicted molar refractivity (Wildman–Crippen MR) is 42.9 cm³/mol. The Bertz CT molecular complexity index is 410. The summed E-state index contributed by atoms with van der Waals surface area (Å²) in [6, 6.07) is 3.52. The minimum absolute atomic E-state index is 0.0406. The van der Waals surface area contributed by atoms with Gasteiger partial charge in [-0.05, 0) is 12.1 Å². The van der Waals surface area contributed by atoms with E-state index in [9.17, 15) is 4.79 Å². The van der Waals surface area contributed by atoms with E-state index in [2.05, 4.69) is 15.1 Å². The summed E-state index contributed by atoms with van der Waals surface area (Å²) in [5.41, 5.74) is 0.697. The summed E-state index contributed by atoms with van der Waals surface area (Å²) in [7, 11) is 0. The van der Waals surface area contributed by atoms with Crippen molar-refractivity contribution in [3.63, 3.8) is 0 Å². The summed E-state index contributed by atoms with van der Waals surface area (Å²) in [6.45, 7) is 0. The molecule has 5 nitrogen and oxygen atoms in total. The molecule has 13 heavy (non-hydrogen) atoms. The van der Waals surface area contributed by atoms with E-state index in [1.165, 1.54) is 0 Å². The van der Waals surface area contributed by atoms with Gasteiger partial charge in [0.2, 0.25) is 5.82 Å². The summed E-state index contributed by atoms with van der Waals surface area (Å²) >= 11 is 0. The molecule has 0 saturated heterocycles. The first-order chi connectivity index (χ1) is 6.40. The Kier molecular flexibility index (Phi) is 1.84. The zero-order valence-electron chi connectivity index (χ0n) is 6.54. The maximum absolute atomic E-state index is 10.3. The van der Waals surface area contributed by atoms with Gasteiger partial charge in [-0.3, -0.25) is 9.78 Å². The van der Waals surface area contributed by atoms with Crippen molar-refractivity contribution in [1.82, 2.24) is 15.1 Å². The molecule has 0 bridgehead atoms. The average Bonchev–Trinajstić information content (AvgIpc) is 2.67. The van der Waals surface area contributed by atoms with E-state index in [4.69, 9.17) is 4.52 Å². The van der Waals surface area contributed by atoms with Crippen LogP contribution in [0.1, 0.15) is 10.6 Å². The number of carbonyl (C=O) groups excluding carboxylic acids is 1. The van der Waals surface area contributed by atoms with Gasteiger partial charge < -0.3 is 4.52 Å². The van der Waals surface area contributed by atoms with E-state index in [-0.39, 0.29) is 5.82 Å². The van der Waals surface area contributed by atoms with E-state index in [1.807, 2.05) is 0 Å². The molecular formula is C8H5N3O2. The Morgan fingerprint density at radius 1 is 1.46 bits per heavy atom. The van der Waals surface area contributed by atoms with E-state index < -0.39 is 0 Å². The molecule has 2 aromatic rings. The van der Waals surface area contributed by atoms with Gasteiger partial charge in [0.05, 0.1) is 5.56 Å². The van der Waals surface area contributed by atoms with Crippen LogP contribution >= 0.6 is 0 Å². The maximum atomic E-state index is 10.3. The summed E-state index contributed by atoms with van der Waals surface area (Å²) in [4.78, 5) is 17.9. The van der Waals surface area contributed by atoms with E-state index in [0.717, 1.165) is 0 Å². The van der Waals surface area contributed by atoms with E-state index in [1.54, 1.807) is 24.5 Å². The average molecular weight is 175 g/mol. The Labute approximate surface area is 73.4 Å². The van der Waals surface area contributed by atoms with Crippen molar-refractivity contribution in [2.24, 2.45) is 0 Å². The van der Waals surface area contributed by atoms with Crippen LogP contribution in [0.3, 0.4) is 0 Å². The van der Waals surface area contributed by atoms with Crippen LogP contribution in [0.5, 0.6) is 0 Å². The normalized spacial score (nSPS) is 9.85. The van der Waals surface area contributed by atoms with Crippen LogP contribution in [0.25, 0.3) is 11.5 Å². The molecule has 0 atom stereocenters. The summed E-state index contributed by atoms with van der Waals surface area (Å²) in [5.74, 6) is 0.342. The van der Waals surface area contributed by atoms with Crippen molar-refractivity contribution < 1.29 is 9.32 Å². The monoisotopic (exact) mass is 175 g/mol. The fourth-order valence-electron chi connectivity index (χ4n) is 0.889. The Morgan fingerprint density at radius 3 is 3.00 bits per heavy atom. The molecule has 2 aromatic heterocycles. The maximum Gasteiger partial charge on any atom is 0.259 e. The highest BCUT2D eigenvalue weighted by Gasteiger charge is 2.06. The molecule has 0 N–H and O–H groups in total. The van der Waals surface area contributed by atoms with E-state index >= 15 is 0 Å². The second-order valence-electron chi connectivity index (χ2n) is 2.32.